The molecule has 3 aromatic rings. The minimum absolute atomic E-state index is 0.000651. The van der Waals surface area contributed by atoms with Crippen molar-refractivity contribution < 1.29 is 13.2 Å². The lowest BCUT2D eigenvalue weighted by atomic mass is 10.2. The highest BCUT2D eigenvalue weighted by atomic mass is 32.1. The van der Waals surface area contributed by atoms with Crippen LogP contribution < -0.4 is 5.56 Å². The maximum atomic E-state index is 12.7. The number of alkyl halides is 3. The van der Waals surface area contributed by atoms with Crippen molar-refractivity contribution in [2.24, 2.45) is 0 Å². The zero-order valence-corrected chi connectivity index (χ0v) is 16.1. The van der Waals surface area contributed by atoms with Crippen molar-refractivity contribution in [1.82, 2.24) is 19.9 Å². The summed E-state index contributed by atoms with van der Waals surface area (Å²) in [6.45, 7) is 7.98. The molecule has 5 nitrogen and oxygen atoms in total. The Morgan fingerprint density at radius 1 is 1.04 bits per heavy atom. The maximum absolute atomic E-state index is 12.7. The highest BCUT2D eigenvalue weighted by Gasteiger charge is 2.34. The number of nitrogens with one attached hydrogen (secondary N) is 1. The first-order valence-corrected chi connectivity index (χ1v) is 9.60. The van der Waals surface area contributed by atoms with Gasteiger partial charge in [0.05, 0.1) is 5.69 Å². The Hall–Kier alpha value is -2.07. The average Bonchev–Trinajstić information content (AvgIpc) is 3.25. The molecule has 10 heteroatoms. The molecule has 3 heterocycles. The van der Waals surface area contributed by atoms with Crippen molar-refractivity contribution in [3.63, 3.8) is 0 Å². The van der Waals surface area contributed by atoms with Gasteiger partial charge in [-0.1, -0.05) is 27.7 Å². The Morgan fingerprint density at radius 3 is 2.23 bits per heavy atom. The van der Waals surface area contributed by atoms with Gasteiger partial charge in [-0.05, 0) is 5.92 Å². The summed E-state index contributed by atoms with van der Waals surface area (Å²) in [5.41, 5.74) is -0.298. The van der Waals surface area contributed by atoms with Crippen molar-refractivity contribution in [1.29, 1.82) is 0 Å². The molecule has 0 saturated heterocycles. The van der Waals surface area contributed by atoms with Gasteiger partial charge in [-0.15, -0.1) is 22.7 Å². The highest BCUT2D eigenvalue weighted by Crippen LogP contribution is 2.33. The molecule has 0 aromatic carbocycles. The molecule has 0 atom stereocenters. The molecule has 0 spiro atoms. The first kappa shape index (κ1) is 20.2. The molecule has 140 valence electrons. The Balaban J connectivity index is 0.00000117. The molecule has 3 rings (SSSR count). The monoisotopic (exact) mass is 402 g/mol. The summed E-state index contributed by atoms with van der Waals surface area (Å²) in [7, 11) is 0. The van der Waals surface area contributed by atoms with E-state index in [9.17, 15) is 18.0 Å². The van der Waals surface area contributed by atoms with Gasteiger partial charge in [-0.3, -0.25) is 4.79 Å². The zero-order chi connectivity index (χ0) is 19.5. The summed E-state index contributed by atoms with van der Waals surface area (Å²) in [4.78, 5) is 26.4. The Kier molecular flexibility index (Phi) is 6.30. The van der Waals surface area contributed by atoms with E-state index in [-0.39, 0.29) is 16.7 Å². The minimum Gasteiger partial charge on any atom is -0.304 e. The standard InChI is InChI=1S/C14H11F3N4OS2.C2H6/c1-6(2)8-4-23-12(19-8)7-3-10(22)21-11(18-7)13-20-9(5-24-13)14(15,16)17;1-2/h3-6H,1-2H3,(H,18,21,22);1-2H3. The quantitative estimate of drug-likeness (QED) is 0.655. The van der Waals surface area contributed by atoms with Gasteiger partial charge in [-0.25, -0.2) is 15.0 Å². The van der Waals surface area contributed by atoms with Crippen molar-refractivity contribution >= 4 is 22.7 Å². The van der Waals surface area contributed by atoms with E-state index in [0.29, 0.717) is 10.7 Å². The Morgan fingerprint density at radius 2 is 1.69 bits per heavy atom. The third-order valence-electron chi connectivity index (χ3n) is 3.07. The smallest absolute Gasteiger partial charge is 0.304 e. The third kappa shape index (κ3) is 4.55. The lowest BCUT2D eigenvalue weighted by Crippen LogP contribution is -2.09. The molecular weight excluding hydrogens is 385 g/mol. The first-order valence-electron chi connectivity index (χ1n) is 7.84. The van der Waals surface area contributed by atoms with E-state index in [4.69, 9.17) is 0 Å². The van der Waals surface area contributed by atoms with Gasteiger partial charge in [0.2, 0.25) is 0 Å². The van der Waals surface area contributed by atoms with Crippen LogP contribution >= 0.6 is 22.7 Å². The Bertz CT molecular complexity index is 928. The fourth-order valence-corrected chi connectivity index (χ4v) is 3.56. The summed E-state index contributed by atoms with van der Waals surface area (Å²) in [5, 5.41) is 3.30. The number of halogens is 3. The van der Waals surface area contributed by atoms with Gasteiger partial charge < -0.3 is 4.98 Å². The fourth-order valence-electron chi connectivity index (χ4n) is 1.85. The fraction of sp³-hybridized carbons (Fsp3) is 0.375. The van der Waals surface area contributed by atoms with Crippen LogP contribution in [0.4, 0.5) is 13.2 Å². The molecule has 0 fully saturated rings. The second-order valence-electron chi connectivity index (χ2n) is 5.25. The highest BCUT2D eigenvalue weighted by molar-refractivity contribution is 7.13. The van der Waals surface area contributed by atoms with Crippen LogP contribution in [0.2, 0.25) is 0 Å². The number of nitrogens with zero attached hydrogens (tertiary/aromatic N) is 3. The van der Waals surface area contributed by atoms with Crippen LogP contribution in [0.25, 0.3) is 21.5 Å². The molecule has 1 N–H and O–H groups in total. The summed E-state index contributed by atoms with van der Waals surface area (Å²) in [6, 6.07) is 1.27. The third-order valence-corrected chi connectivity index (χ3v) is 4.80. The van der Waals surface area contributed by atoms with E-state index in [0.717, 1.165) is 22.4 Å². The minimum atomic E-state index is -4.53. The lowest BCUT2D eigenvalue weighted by Gasteiger charge is -2.01. The van der Waals surface area contributed by atoms with Gasteiger partial charge >= 0.3 is 6.18 Å². The van der Waals surface area contributed by atoms with Crippen LogP contribution in [0.3, 0.4) is 0 Å². The summed E-state index contributed by atoms with van der Waals surface area (Å²) < 4.78 is 38.0. The SMILES string of the molecule is CC.CC(C)c1csc(-c2cc(=O)[nH]c(-c3nc(C(F)(F)F)cs3)n2)n1. The summed E-state index contributed by atoms with van der Waals surface area (Å²) >= 11 is 2.10. The second-order valence-corrected chi connectivity index (χ2v) is 6.96. The zero-order valence-electron chi connectivity index (χ0n) is 14.5. The molecule has 0 radical (unpaired) electrons. The Labute approximate surface area is 156 Å². The number of aromatic nitrogens is 4. The largest absolute Gasteiger partial charge is 0.434 e. The number of rotatable bonds is 3. The molecule has 3 aromatic heterocycles. The van der Waals surface area contributed by atoms with E-state index in [1.807, 2.05) is 33.1 Å². The van der Waals surface area contributed by atoms with E-state index >= 15 is 0 Å². The van der Waals surface area contributed by atoms with E-state index in [1.54, 1.807) is 0 Å². The molecular formula is C16H17F3N4OS2. The van der Waals surface area contributed by atoms with Gasteiger partial charge in [0.1, 0.15) is 10.7 Å². The van der Waals surface area contributed by atoms with Gasteiger partial charge in [0.25, 0.3) is 5.56 Å². The molecule has 26 heavy (non-hydrogen) atoms. The van der Waals surface area contributed by atoms with Crippen LogP contribution in [-0.2, 0) is 6.18 Å². The van der Waals surface area contributed by atoms with Crippen molar-refractivity contribution in [2.75, 3.05) is 0 Å². The predicted octanol–water partition coefficient (Wildman–Crippen LogP) is 5.19. The predicted molar refractivity (Wildman–Crippen MR) is 97.5 cm³/mol. The molecule has 0 amide bonds. The van der Waals surface area contributed by atoms with Crippen LogP contribution in [0, 0.1) is 0 Å². The molecule has 0 bridgehead atoms. The molecule has 0 unspecified atom stereocenters. The molecule has 0 aliphatic carbocycles. The number of H-pyrrole nitrogens is 1. The normalized spacial score (nSPS) is 11.4. The van der Waals surface area contributed by atoms with Crippen LogP contribution in [0.1, 0.15) is 45.0 Å². The van der Waals surface area contributed by atoms with Gasteiger partial charge in [0.15, 0.2) is 16.5 Å². The average molecular weight is 402 g/mol. The van der Waals surface area contributed by atoms with Crippen molar-refractivity contribution in [3.8, 4) is 21.5 Å². The molecule has 0 saturated carbocycles. The number of hydrogen-bond donors (Lipinski definition) is 1. The number of thiazole rings is 2. The second kappa shape index (κ2) is 8.09. The van der Waals surface area contributed by atoms with Crippen LogP contribution in [-0.4, -0.2) is 19.9 Å². The molecule has 0 aliphatic heterocycles. The van der Waals surface area contributed by atoms with Crippen LogP contribution in [0.15, 0.2) is 21.6 Å². The lowest BCUT2D eigenvalue weighted by molar-refractivity contribution is -0.140. The topological polar surface area (TPSA) is 71.5 Å². The van der Waals surface area contributed by atoms with Crippen molar-refractivity contribution in [2.45, 2.75) is 39.8 Å². The molecule has 0 aliphatic rings. The van der Waals surface area contributed by atoms with E-state index in [2.05, 4.69) is 19.9 Å². The van der Waals surface area contributed by atoms with E-state index in [1.165, 1.54) is 17.4 Å². The number of aromatic amines is 1. The number of hydrogen-bond acceptors (Lipinski definition) is 6. The van der Waals surface area contributed by atoms with E-state index < -0.39 is 17.4 Å². The first-order chi connectivity index (χ1) is 12.2. The van der Waals surface area contributed by atoms with Gasteiger partial charge in [0, 0.05) is 16.8 Å². The van der Waals surface area contributed by atoms with Crippen molar-refractivity contribution in [3.05, 3.63) is 38.6 Å². The summed E-state index contributed by atoms with van der Waals surface area (Å²) in [5.74, 6) is 0.226. The van der Waals surface area contributed by atoms with Crippen LogP contribution in [0.5, 0.6) is 0 Å². The van der Waals surface area contributed by atoms with Gasteiger partial charge in [-0.2, -0.15) is 13.2 Å². The summed E-state index contributed by atoms with van der Waals surface area (Å²) in [6.07, 6.45) is -4.53. The maximum Gasteiger partial charge on any atom is 0.434 e.